The Bertz CT molecular complexity index is 535. The fourth-order valence-electron chi connectivity index (χ4n) is 1.57. The van der Waals surface area contributed by atoms with Gasteiger partial charge in [0.1, 0.15) is 11.4 Å². The molecule has 1 aromatic rings. The van der Waals surface area contributed by atoms with E-state index in [1.54, 1.807) is 0 Å². The van der Waals surface area contributed by atoms with Gasteiger partial charge in [0.2, 0.25) is 5.82 Å². The van der Waals surface area contributed by atoms with Gasteiger partial charge < -0.3 is 10.1 Å². The molecule has 1 rings (SSSR count). The third kappa shape index (κ3) is 4.75. The summed E-state index contributed by atoms with van der Waals surface area (Å²) in [5, 5.41) is 12.9. The molecule has 1 aromatic carbocycles. The number of benzene rings is 1. The van der Waals surface area contributed by atoms with Crippen LogP contribution in [0.5, 0.6) is 0 Å². The van der Waals surface area contributed by atoms with E-state index in [0.29, 0.717) is 25.2 Å². The molecule has 0 aliphatic carbocycles. The molecule has 0 aliphatic rings. The Hall–Kier alpha value is -2.09. The van der Waals surface area contributed by atoms with Crippen LogP contribution in [0.4, 0.5) is 14.5 Å². The fourth-order valence-corrected chi connectivity index (χ4v) is 1.57. The van der Waals surface area contributed by atoms with Gasteiger partial charge in [0.15, 0.2) is 0 Å². The normalized spacial score (nSPS) is 10.7. The molecule has 0 aliphatic heterocycles. The lowest BCUT2D eigenvalue weighted by Crippen LogP contribution is -2.27. The molecule has 0 spiro atoms. The molecule has 0 aromatic heterocycles. The zero-order valence-electron chi connectivity index (χ0n) is 11.7. The Labute approximate surface area is 120 Å². The molecule has 0 unspecified atom stereocenters. The van der Waals surface area contributed by atoms with Crippen molar-refractivity contribution < 1.29 is 23.2 Å². The van der Waals surface area contributed by atoms with Crippen molar-refractivity contribution in [2.24, 2.45) is 0 Å². The van der Waals surface area contributed by atoms with Gasteiger partial charge in [-0.05, 0) is 26.3 Å². The maximum atomic E-state index is 13.7. The Morgan fingerprint density at radius 1 is 1.43 bits per heavy atom. The van der Waals surface area contributed by atoms with E-state index in [0.717, 1.165) is 0 Å². The SMILES string of the molecule is CC(C)OCCCNC(=O)c1c(F)ccc([N+](=O)[O-])c1F. The molecule has 6 nitrogen and oxygen atoms in total. The third-order valence-corrected chi connectivity index (χ3v) is 2.55. The standard InChI is InChI=1S/C13H16F2N2O4/c1-8(2)21-7-3-6-16-13(18)11-9(14)4-5-10(12(11)15)17(19)20/h4-5,8H,3,6-7H2,1-2H3,(H,16,18). The number of carbonyl (C=O) groups excluding carboxylic acids is 1. The molecule has 0 fully saturated rings. The highest BCUT2D eigenvalue weighted by Crippen LogP contribution is 2.22. The minimum absolute atomic E-state index is 0.0485. The van der Waals surface area contributed by atoms with E-state index in [-0.39, 0.29) is 12.6 Å². The summed E-state index contributed by atoms with van der Waals surface area (Å²) in [6, 6.07) is 1.37. The second-order valence-electron chi connectivity index (χ2n) is 4.54. The van der Waals surface area contributed by atoms with Gasteiger partial charge in [0.25, 0.3) is 5.91 Å². The Balaban J connectivity index is 2.70. The van der Waals surface area contributed by atoms with Gasteiger partial charge in [-0.3, -0.25) is 14.9 Å². The Morgan fingerprint density at radius 2 is 2.10 bits per heavy atom. The van der Waals surface area contributed by atoms with Crippen LogP contribution in [0, 0.1) is 21.7 Å². The van der Waals surface area contributed by atoms with E-state index in [4.69, 9.17) is 4.74 Å². The molecule has 116 valence electrons. The number of hydrogen-bond acceptors (Lipinski definition) is 4. The molecule has 1 N–H and O–H groups in total. The van der Waals surface area contributed by atoms with Crippen LogP contribution >= 0.6 is 0 Å². The third-order valence-electron chi connectivity index (χ3n) is 2.55. The first-order valence-corrected chi connectivity index (χ1v) is 6.36. The molecular formula is C13H16F2N2O4. The van der Waals surface area contributed by atoms with Crippen molar-refractivity contribution in [3.8, 4) is 0 Å². The van der Waals surface area contributed by atoms with Crippen molar-refractivity contribution in [2.45, 2.75) is 26.4 Å². The second-order valence-corrected chi connectivity index (χ2v) is 4.54. The zero-order chi connectivity index (χ0) is 16.0. The van der Waals surface area contributed by atoms with Crippen molar-refractivity contribution in [3.63, 3.8) is 0 Å². The van der Waals surface area contributed by atoms with Gasteiger partial charge >= 0.3 is 5.69 Å². The fraction of sp³-hybridized carbons (Fsp3) is 0.462. The topological polar surface area (TPSA) is 81.5 Å². The Morgan fingerprint density at radius 3 is 2.67 bits per heavy atom. The first-order valence-electron chi connectivity index (χ1n) is 6.36. The predicted octanol–water partition coefficient (Wildman–Crippen LogP) is 2.42. The number of nitrogens with one attached hydrogen (secondary N) is 1. The number of nitrogens with zero attached hydrogens (tertiary/aromatic N) is 1. The molecular weight excluding hydrogens is 286 g/mol. The van der Waals surface area contributed by atoms with E-state index in [1.165, 1.54) is 0 Å². The lowest BCUT2D eigenvalue weighted by Gasteiger charge is -2.09. The zero-order valence-corrected chi connectivity index (χ0v) is 11.7. The molecule has 0 bridgehead atoms. The highest BCUT2D eigenvalue weighted by atomic mass is 19.1. The molecule has 8 heteroatoms. The molecule has 0 saturated heterocycles. The molecule has 0 heterocycles. The minimum atomic E-state index is -1.48. The van der Waals surface area contributed by atoms with E-state index >= 15 is 0 Å². The van der Waals surface area contributed by atoms with Crippen LogP contribution in [0.1, 0.15) is 30.6 Å². The summed E-state index contributed by atoms with van der Waals surface area (Å²) >= 11 is 0. The van der Waals surface area contributed by atoms with Gasteiger partial charge in [-0.15, -0.1) is 0 Å². The average Bonchev–Trinajstić information content (AvgIpc) is 2.37. The van der Waals surface area contributed by atoms with Crippen LogP contribution in [-0.4, -0.2) is 30.1 Å². The lowest BCUT2D eigenvalue weighted by molar-refractivity contribution is -0.387. The number of halogens is 2. The second kappa shape index (κ2) is 7.63. The summed E-state index contributed by atoms with van der Waals surface area (Å²) in [5.74, 6) is -3.65. The van der Waals surface area contributed by atoms with Gasteiger partial charge in [-0.2, -0.15) is 4.39 Å². The summed E-state index contributed by atoms with van der Waals surface area (Å²) in [4.78, 5) is 21.3. The van der Waals surface area contributed by atoms with E-state index in [1.807, 2.05) is 13.8 Å². The largest absolute Gasteiger partial charge is 0.379 e. The predicted molar refractivity (Wildman–Crippen MR) is 71.1 cm³/mol. The Kier molecular flexibility index (Phi) is 6.16. The molecule has 1 amide bonds. The van der Waals surface area contributed by atoms with Gasteiger partial charge in [0.05, 0.1) is 11.0 Å². The summed E-state index contributed by atoms with van der Waals surface area (Å²) in [6.45, 7) is 4.24. The van der Waals surface area contributed by atoms with Crippen molar-refractivity contribution in [3.05, 3.63) is 39.4 Å². The lowest BCUT2D eigenvalue weighted by atomic mass is 10.1. The monoisotopic (exact) mass is 302 g/mol. The van der Waals surface area contributed by atoms with Gasteiger partial charge in [-0.25, -0.2) is 4.39 Å². The van der Waals surface area contributed by atoms with Crippen molar-refractivity contribution >= 4 is 11.6 Å². The highest BCUT2D eigenvalue weighted by Gasteiger charge is 2.25. The molecule has 0 saturated carbocycles. The van der Waals surface area contributed by atoms with Crippen molar-refractivity contribution in [2.75, 3.05) is 13.2 Å². The smallest absolute Gasteiger partial charge is 0.305 e. The summed E-state index contributed by atoms with van der Waals surface area (Å²) < 4.78 is 32.5. The average molecular weight is 302 g/mol. The van der Waals surface area contributed by atoms with Crippen molar-refractivity contribution in [1.82, 2.24) is 5.32 Å². The number of hydrogen-bond donors (Lipinski definition) is 1. The van der Waals surface area contributed by atoms with Crippen LogP contribution in [0.15, 0.2) is 12.1 Å². The number of nitro groups is 1. The first-order chi connectivity index (χ1) is 9.84. The number of ether oxygens (including phenoxy) is 1. The molecule has 0 radical (unpaired) electrons. The van der Waals surface area contributed by atoms with E-state index in [2.05, 4.69) is 5.32 Å². The maximum Gasteiger partial charge on any atom is 0.305 e. The summed E-state index contributed by atoms with van der Waals surface area (Å²) in [5.41, 5.74) is -1.89. The van der Waals surface area contributed by atoms with Crippen LogP contribution in [-0.2, 0) is 4.74 Å². The quantitative estimate of drug-likeness (QED) is 0.476. The highest BCUT2D eigenvalue weighted by molar-refractivity contribution is 5.95. The first kappa shape index (κ1) is 17.0. The van der Waals surface area contributed by atoms with Crippen LogP contribution in [0.25, 0.3) is 0 Å². The van der Waals surface area contributed by atoms with Gasteiger partial charge in [0, 0.05) is 19.2 Å². The van der Waals surface area contributed by atoms with Crippen LogP contribution in [0.3, 0.4) is 0 Å². The number of carbonyl (C=O) groups is 1. The summed E-state index contributed by atoms with van der Waals surface area (Å²) in [6.07, 6.45) is 0.509. The number of amides is 1. The van der Waals surface area contributed by atoms with Gasteiger partial charge in [-0.1, -0.05) is 0 Å². The van der Waals surface area contributed by atoms with Crippen molar-refractivity contribution in [1.29, 1.82) is 0 Å². The van der Waals surface area contributed by atoms with Crippen LogP contribution < -0.4 is 5.32 Å². The minimum Gasteiger partial charge on any atom is -0.379 e. The van der Waals surface area contributed by atoms with E-state index in [9.17, 15) is 23.7 Å². The number of nitro benzene ring substituents is 1. The van der Waals surface area contributed by atoms with E-state index < -0.39 is 33.7 Å². The summed E-state index contributed by atoms with van der Waals surface area (Å²) in [7, 11) is 0. The maximum absolute atomic E-state index is 13.7. The molecule has 0 atom stereocenters. The number of rotatable bonds is 7. The molecule has 21 heavy (non-hydrogen) atoms. The van der Waals surface area contributed by atoms with Crippen LogP contribution in [0.2, 0.25) is 0 Å².